The van der Waals surface area contributed by atoms with Gasteiger partial charge in [-0.3, -0.25) is 9.69 Å². The molecular weight excluding hydrogens is 333 g/mol. The minimum Gasteiger partial charge on any atom is -0.508 e. The Labute approximate surface area is 155 Å². The van der Waals surface area contributed by atoms with E-state index in [9.17, 15) is 9.18 Å². The number of aromatic hydroxyl groups is 1. The van der Waals surface area contributed by atoms with Crippen LogP contribution in [-0.2, 0) is 4.79 Å². The smallest absolute Gasteiger partial charge is 0.239 e. The summed E-state index contributed by atoms with van der Waals surface area (Å²) in [6, 6.07) is 6.14. The molecule has 0 radical (unpaired) electrons. The van der Waals surface area contributed by atoms with E-state index in [1.54, 1.807) is 0 Å². The fraction of sp³-hybridized carbons (Fsp3) is 0.650. The van der Waals surface area contributed by atoms with E-state index >= 15 is 0 Å². The quantitative estimate of drug-likeness (QED) is 0.847. The van der Waals surface area contributed by atoms with Crippen molar-refractivity contribution < 1.29 is 14.3 Å². The van der Waals surface area contributed by atoms with Crippen LogP contribution in [0.25, 0.3) is 0 Å². The topological polar surface area (TPSA) is 55.8 Å². The lowest BCUT2D eigenvalue weighted by molar-refractivity contribution is -0.133. The summed E-state index contributed by atoms with van der Waals surface area (Å²) in [4.78, 5) is 17.1. The average Bonchev–Trinajstić information content (AvgIpc) is 3.00. The molecule has 5 nitrogen and oxygen atoms in total. The number of rotatable bonds is 2. The zero-order chi connectivity index (χ0) is 18.4. The number of hydrogen-bond donors (Lipinski definition) is 2. The van der Waals surface area contributed by atoms with Crippen molar-refractivity contribution in [3.63, 3.8) is 0 Å². The van der Waals surface area contributed by atoms with Crippen molar-refractivity contribution in [3.05, 3.63) is 30.1 Å². The van der Waals surface area contributed by atoms with Crippen LogP contribution < -0.4 is 5.32 Å². The van der Waals surface area contributed by atoms with Crippen LogP contribution >= 0.6 is 0 Å². The molecule has 4 rings (SSSR count). The highest BCUT2D eigenvalue weighted by atomic mass is 19.1. The first kappa shape index (κ1) is 19.1. The van der Waals surface area contributed by atoms with Gasteiger partial charge < -0.3 is 15.3 Å². The van der Waals surface area contributed by atoms with Crippen LogP contribution in [0.5, 0.6) is 5.75 Å². The second kappa shape index (κ2) is 9.33. The molecule has 6 heteroatoms. The number of amides is 1. The highest BCUT2D eigenvalue weighted by Crippen LogP contribution is 2.25. The summed E-state index contributed by atoms with van der Waals surface area (Å²) in [7, 11) is 0. The van der Waals surface area contributed by atoms with E-state index in [-0.39, 0.29) is 11.8 Å². The van der Waals surface area contributed by atoms with Crippen molar-refractivity contribution in [2.45, 2.75) is 50.6 Å². The number of phenols is 1. The highest BCUT2D eigenvalue weighted by molar-refractivity contribution is 5.82. The first-order valence-corrected chi connectivity index (χ1v) is 9.84. The maximum atomic E-state index is 12.4. The molecule has 0 bridgehead atoms. The van der Waals surface area contributed by atoms with Crippen molar-refractivity contribution in [2.75, 3.05) is 32.7 Å². The average molecular weight is 363 g/mol. The van der Waals surface area contributed by atoms with Crippen LogP contribution in [0, 0.1) is 5.82 Å². The number of carbonyl (C=O) groups is 1. The number of carbonyl (C=O) groups excluding carboxylic acids is 1. The Hall–Kier alpha value is -1.66. The molecule has 2 heterocycles. The van der Waals surface area contributed by atoms with Gasteiger partial charge in [0, 0.05) is 38.3 Å². The van der Waals surface area contributed by atoms with Gasteiger partial charge in [0.15, 0.2) is 0 Å². The first-order valence-electron chi connectivity index (χ1n) is 9.84. The summed E-state index contributed by atoms with van der Waals surface area (Å²) in [5.74, 6) is -0.0991. The molecule has 0 unspecified atom stereocenters. The Kier molecular flexibility index (Phi) is 6.86. The van der Waals surface area contributed by atoms with Crippen LogP contribution in [0.4, 0.5) is 4.39 Å². The fourth-order valence-corrected chi connectivity index (χ4v) is 3.87. The van der Waals surface area contributed by atoms with Crippen LogP contribution in [0.3, 0.4) is 0 Å². The molecule has 3 fully saturated rings. The van der Waals surface area contributed by atoms with Crippen molar-refractivity contribution in [3.8, 4) is 5.75 Å². The third kappa shape index (κ3) is 5.17. The number of halogens is 1. The molecule has 1 atom stereocenters. The van der Waals surface area contributed by atoms with Gasteiger partial charge in [-0.05, 0) is 50.8 Å². The fourth-order valence-electron chi connectivity index (χ4n) is 3.87. The standard InChI is InChI=1S/C14H25N3O.C6H5FO/c18-14(13-6-2-7-15-13)17-9-3-8-16(10-11-17)12-4-1-5-12;7-5-2-1-3-6(8)4-5/h12-13,15H,1-11H2;1-4,8H/t13-;/m1./s1. The zero-order valence-electron chi connectivity index (χ0n) is 15.4. The highest BCUT2D eigenvalue weighted by Gasteiger charge is 2.30. The van der Waals surface area contributed by atoms with Gasteiger partial charge >= 0.3 is 0 Å². The van der Waals surface area contributed by atoms with E-state index in [1.165, 1.54) is 44.0 Å². The van der Waals surface area contributed by atoms with Crippen LogP contribution in [0.1, 0.15) is 38.5 Å². The van der Waals surface area contributed by atoms with E-state index < -0.39 is 5.82 Å². The molecule has 1 aromatic carbocycles. The van der Waals surface area contributed by atoms with Gasteiger partial charge in [0.05, 0.1) is 6.04 Å². The number of nitrogens with one attached hydrogen (secondary N) is 1. The molecule has 144 valence electrons. The molecule has 2 saturated heterocycles. The van der Waals surface area contributed by atoms with Crippen molar-refractivity contribution in [1.29, 1.82) is 0 Å². The molecule has 2 N–H and O–H groups in total. The monoisotopic (exact) mass is 363 g/mol. The molecule has 26 heavy (non-hydrogen) atoms. The summed E-state index contributed by atoms with van der Waals surface area (Å²) in [6.07, 6.45) is 7.47. The second-order valence-corrected chi connectivity index (χ2v) is 7.43. The third-order valence-electron chi connectivity index (χ3n) is 5.60. The lowest BCUT2D eigenvalue weighted by Crippen LogP contribution is -2.46. The normalized spacial score (nSPS) is 24.3. The van der Waals surface area contributed by atoms with Crippen molar-refractivity contribution >= 4 is 5.91 Å². The molecule has 1 aromatic rings. The Bertz CT molecular complexity index is 571. The Balaban J connectivity index is 0.000000206. The van der Waals surface area contributed by atoms with Gasteiger partial charge in [0.1, 0.15) is 11.6 Å². The van der Waals surface area contributed by atoms with E-state index in [2.05, 4.69) is 15.1 Å². The number of hydrogen-bond acceptors (Lipinski definition) is 4. The maximum absolute atomic E-state index is 12.4. The zero-order valence-corrected chi connectivity index (χ0v) is 15.4. The summed E-state index contributed by atoms with van der Waals surface area (Å²) >= 11 is 0. The third-order valence-corrected chi connectivity index (χ3v) is 5.60. The van der Waals surface area contributed by atoms with E-state index in [0.717, 1.165) is 57.5 Å². The summed E-state index contributed by atoms with van der Waals surface area (Å²) in [6.45, 7) is 5.18. The molecule has 0 aromatic heterocycles. The van der Waals surface area contributed by atoms with Crippen LogP contribution in [0.15, 0.2) is 24.3 Å². The van der Waals surface area contributed by atoms with Gasteiger partial charge in [-0.15, -0.1) is 0 Å². The SMILES string of the molecule is O=C([C@H]1CCCN1)N1CCCN(C2CCC2)CC1.Oc1cccc(F)c1. The Morgan fingerprint density at radius 2 is 1.92 bits per heavy atom. The van der Waals surface area contributed by atoms with Crippen LogP contribution in [0.2, 0.25) is 0 Å². The van der Waals surface area contributed by atoms with Gasteiger partial charge in [-0.25, -0.2) is 4.39 Å². The Morgan fingerprint density at radius 3 is 2.50 bits per heavy atom. The van der Waals surface area contributed by atoms with Crippen molar-refractivity contribution in [1.82, 2.24) is 15.1 Å². The summed E-state index contributed by atoms with van der Waals surface area (Å²) < 4.78 is 12.0. The van der Waals surface area contributed by atoms with Crippen LogP contribution in [-0.4, -0.2) is 65.6 Å². The number of benzene rings is 1. The minimum absolute atomic E-state index is 0.0370. The number of phenolic OH excluding ortho intramolecular Hbond substituents is 1. The molecule has 0 spiro atoms. The molecule has 1 saturated carbocycles. The molecule has 2 aliphatic heterocycles. The van der Waals surface area contributed by atoms with Gasteiger partial charge in [0.2, 0.25) is 5.91 Å². The molecule has 1 aliphatic carbocycles. The van der Waals surface area contributed by atoms with Gasteiger partial charge in [-0.1, -0.05) is 12.5 Å². The lowest BCUT2D eigenvalue weighted by atomic mass is 9.91. The van der Waals surface area contributed by atoms with E-state index in [0.29, 0.717) is 5.91 Å². The summed E-state index contributed by atoms with van der Waals surface area (Å²) in [5.41, 5.74) is 0. The molecular formula is C20H30FN3O2. The maximum Gasteiger partial charge on any atom is 0.239 e. The van der Waals surface area contributed by atoms with Crippen molar-refractivity contribution in [2.24, 2.45) is 0 Å². The molecule has 1 amide bonds. The lowest BCUT2D eigenvalue weighted by Gasteiger charge is -2.36. The summed E-state index contributed by atoms with van der Waals surface area (Å²) in [5, 5.41) is 11.9. The van der Waals surface area contributed by atoms with E-state index in [4.69, 9.17) is 5.11 Å². The number of nitrogens with zero attached hydrogens (tertiary/aromatic N) is 2. The minimum atomic E-state index is -0.412. The predicted molar refractivity (Wildman–Crippen MR) is 99.5 cm³/mol. The van der Waals surface area contributed by atoms with Gasteiger partial charge in [0.25, 0.3) is 0 Å². The first-order chi connectivity index (χ1) is 12.6. The largest absolute Gasteiger partial charge is 0.508 e. The Morgan fingerprint density at radius 1 is 1.08 bits per heavy atom. The van der Waals surface area contributed by atoms with Gasteiger partial charge in [-0.2, -0.15) is 0 Å². The predicted octanol–water partition coefficient (Wildman–Crippen LogP) is 2.36. The van der Waals surface area contributed by atoms with E-state index in [1.807, 2.05) is 0 Å². The molecule has 3 aliphatic rings. The second-order valence-electron chi connectivity index (χ2n) is 7.43.